The van der Waals surface area contributed by atoms with Crippen molar-refractivity contribution >= 4 is 82.7 Å². The molecular weight excluding hydrogens is 1280 g/mol. The highest BCUT2D eigenvalue weighted by Gasteiger charge is 2.46. The van der Waals surface area contributed by atoms with E-state index < -0.39 is 229 Å². The molecule has 0 aromatic heterocycles. The van der Waals surface area contributed by atoms with Gasteiger partial charge in [0.1, 0.15) is 66.5 Å². The number of nitrogens with two attached hydrogens (primary N) is 2. The van der Waals surface area contributed by atoms with Crippen molar-refractivity contribution in [1.82, 2.24) is 63.0 Å². The summed E-state index contributed by atoms with van der Waals surface area (Å²) in [7, 11) is 1.11. The second kappa shape index (κ2) is 41.1. The molecule has 0 aliphatic carbocycles. The normalized spacial score (nSPS) is 27.9. The largest absolute Gasteiger partial charge is 0.391 e. The molecule has 0 aromatic rings. The number of nitrogens with zero attached hydrogens (tertiary/aromatic N) is 2. The number of aliphatic hydroxyl groups is 5. The van der Waals surface area contributed by atoms with Gasteiger partial charge in [-0.05, 0) is 82.5 Å². The predicted octanol–water partition coefficient (Wildman–Crippen LogP) is -3.91. The van der Waals surface area contributed by atoms with Crippen LogP contribution in [0.25, 0.3) is 0 Å². The summed E-state index contributed by atoms with van der Waals surface area (Å²) >= 11 is 0. The van der Waals surface area contributed by atoms with E-state index in [1.54, 1.807) is 34.6 Å². The Kier molecular flexibility index (Phi) is 36.2. The molecule has 558 valence electrons. The van der Waals surface area contributed by atoms with Crippen LogP contribution in [0.15, 0.2) is 0 Å². The molecule has 6 unspecified atom stereocenters. The number of amides is 14. The third-order valence-electron chi connectivity index (χ3n) is 17.6. The van der Waals surface area contributed by atoms with Crippen LogP contribution in [0.3, 0.4) is 0 Å². The third-order valence-corrected chi connectivity index (χ3v) is 17.6. The zero-order chi connectivity index (χ0) is 74.9. The number of carbonyl (C=O) groups excluding carboxylic acids is 14. The van der Waals surface area contributed by atoms with E-state index in [0.29, 0.717) is 12.8 Å². The maximum absolute atomic E-state index is 14.8. The fourth-order valence-electron chi connectivity index (χ4n) is 11.4. The van der Waals surface area contributed by atoms with Gasteiger partial charge in [0.25, 0.3) is 0 Å². The van der Waals surface area contributed by atoms with E-state index in [9.17, 15) is 92.7 Å². The summed E-state index contributed by atoms with van der Waals surface area (Å²) in [4.78, 5) is 199. The van der Waals surface area contributed by atoms with E-state index in [-0.39, 0.29) is 44.6 Å². The Morgan fingerprint density at radius 1 is 0.520 bits per heavy atom. The first-order chi connectivity index (χ1) is 45.6. The molecule has 19 N–H and O–H groups in total. The number of aliphatic hydroxyl groups excluding tert-OH is 5. The summed E-state index contributed by atoms with van der Waals surface area (Å²) in [5, 5.41) is 81.1. The van der Waals surface area contributed by atoms with Crippen molar-refractivity contribution in [2.24, 2.45) is 41.1 Å². The van der Waals surface area contributed by atoms with Crippen LogP contribution < -0.4 is 64.6 Å². The number of primary amides is 2. The summed E-state index contributed by atoms with van der Waals surface area (Å²) in [5.74, 6) is -18.6. The molecule has 2 aliphatic heterocycles. The van der Waals surface area contributed by atoms with Gasteiger partial charge in [-0.1, -0.05) is 115 Å². The van der Waals surface area contributed by atoms with Gasteiger partial charge in [-0.25, -0.2) is 0 Å². The Bertz CT molecular complexity index is 2750. The Hall–Kier alpha value is -7.62. The van der Waals surface area contributed by atoms with Crippen molar-refractivity contribution in [3.63, 3.8) is 0 Å². The molecule has 2 rings (SSSR count). The van der Waals surface area contributed by atoms with Crippen molar-refractivity contribution in [3.05, 3.63) is 0 Å². The average molecular weight is 1400 g/mol. The lowest BCUT2D eigenvalue weighted by Crippen LogP contribution is -2.65. The predicted molar refractivity (Wildman–Crippen MR) is 357 cm³/mol. The average Bonchev–Trinajstić information content (AvgIpc) is 1.70. The van der Waals surface area contributed by atoms with Crippen molar-refractivity contribution in [1.29, 1.82) is 0 Å². The Labute approximate surface area is 574 Å². The van der Waals surface area contributed by atoms with Gasteiger partial charge >= 0.3 is 0 Å². The van der Waals surface area contributed by atoms with Gasteiger partial charge in [-0.3, -0.25) is 67.1 Å². The van der Waals surface area contributed by atoms with Crippen LogP contribution >= 0.6 is 0 Å². The van der Waals surface area contributed by atoms with E-state index in [1.165, 1.54) is 48.5 Å². The number of hydrogen-bond donors (Lipinski definition) is 17. The lowest BCUT2D eigenvalue weighted by Gasteiger charge is -2.36. The van der Waals surface area contributed by atoms with Crippen molar-refractivity contribution in [2.45, 2.75) is 283 Å². The van der Waals surface area contributed by atoms with Crippen LogP contribution in [0.2, 0.25) is 0 Å². The summed E-state index contributed by atoms with van der Waals surface area (Å²) in [6, 6.07) is -20.0. The molecule has 2 aliphatic rings. The molecule has 0 bridgehead atoms. The molecule has 0 aromatic carbocycles. The van der Waals surface area contributed by atoms with Crippen LogP contribution in [-0.4, -0.2) is 235 Å². The fourth-order valence-corrected chi connectivity index (χ4v) is 11.4. The first kappa shape index (κ1) is 86.5. The highest BCUT2D eigenvalue weighted by Crippen LogP contribution is 2.23. The number of hydrogen-bond acceptors (Lipinski definition) is 19. The molecule has 98 heavy (non-hydrogen) atoms. The first-order valence-corrected chi connectivity index (χ1v) is 34.2. The summed E-state index contributed by atoms with van der Waals surface area (Å²) in [6.07, 6.45) is -6.56. The molecule has 33 heteroatoms. The molecule has 0 spiro atoms. The van der Waals surface area contributed by atoms with Crippen LogP contribution in [0.1, 0.15) is 180 Å². The molecule has 14 amide bonds. The minimum atomic E-state index is -2.56. The van der Waals surface area contributed by atoms with Gasteiger partial charge in [0.2, 0.25) is 82.7 Å². The van der Waals surface area contributed by atoms with Crippen LogP contribution in [-0.2, 0) is 67.1 Å². The summed E-state index contributed by atoms with van der Waals surface area (Å²) in [5.41, 5.74) is 11.0. The lowest BCUT2D eigenvalue weighted by molar-refractivity contribution is -0.148. The number of likely N-dealkylation sites (N-methyl/N-ethyl adjacent to an activating group) is 1. The molecule has 0 saturated carbocycles. The second-order valence-electron chi connectivity index (χ2n) is 27.6. The molecule has 0 radical (unpaired) electrons. The zero-order valence-corrected chi connectivity index (χ0v) is 59.6. The van der Waals surface area contributed by atoms with E-state index in [1.807, 2.05) is 6.92 Å². The monoisotopic (exact) mass is 1390 g/mol. The molecule has 2 fully saturated rings. The number of rotatable bonds is 22. The van der Waals surface area contributed by atoms with Crippen molar-refractivity contribution in [2.75, 3.05) is 13.6 Å². The Morgan fingerprint density at radius 2 is 1.01 bits per heavy atom. The number of carbonyl (C=O) groups is 14. The van der Waals surface area contributed by atoms with Gasteiger partial charge in [-0.15, -0.1) is 0 Å². The van der Waals surface area contributed by atoms with Gasteiger partial charge in [0.05, 0.1) is 24.4 Å². The highest BCUT2D eigenvalue weighted by molar-refractivity contribution is 6.01. The molecular formula is C65H114N14O19. The number of nitrogens with one attached hydrogen (secondary N) is 10. The molecule has 33 nitrogen and oxygen atoms in total. The standard InChI is InChI=1S/C65H114N14O19/c1-16-18-19-20-21-23-38-29-43(83)72-44(31(5)6)58(91)76-47(51(84)32(7)8)60(93)68-35(12)55(88)75-48(52(85)33(9)10)61(94)70-39(25-26-42(66)82)64(97)78(15)50(34(11)17-2)63(96)77-49(53(86)54(67)87)62(95)74-46(37(14)81)65(98)79-27-22-24-41(79)57(90)71-40(28-30(3)4)56(89)73-45(36(13)80)59(92)69-38/h30-41,44-53,80-81,84-86H,16-29H2,1-15H3,(H2,66,82)(H2,67,87)(H,68,93)(H,69,92)(H,70,94)(H,71,90)(H,72,83)(H,73,89)(H,74,95)(H,75,88)(H,76,91)(H,77,96)/t34?,35-,36?,37?,38-,39-,40-,41-,44-,45-,46-,47-,48-,49-,50-,51?,52?,53?/m0/s1. The van der Waals surface area contributed by atoms with Crippen molar-refractivity contribution in [3.8, 4) is 0 Å². The SMILES string of the molecule is CCCCCCC[C@H]1CC(=O)N[C@@H](C(C)C)C(=O)N[C@@H](C(O)C(C)C)C(=O)N[C@@H](C)C(=O)N[C@@H](C(O)C(C)C)C(=O)N[C@@H](CCC(N)=O)C(=O)N(C)[C@@H](C(C)CC)C(=O)N[C@@H](C(O)C(N)=O)C(=O)N[C@@H](C(C)O)C(=O)N2CCC[C@H]2C(=O)N[C@@H](CC(C)C)C(=O)N[C@@H](C(C)O)C(=O)N1. The Morgan fingerprint density at radius 3 is 1.52 bits per heavy atom. The fraction of sp³-hybridized carbons (Fsp3) is 0.785. The smallest absolute Gasteiger partial charge is 0.248 e. The van der Waals surface area contributed by atoms with Gasteiger partial charge in [0.15, 0.2) is 6.10 Å². The molecule has 2 saturated heterocycles. The van der Waals surface area contributed by atoms with E-state index in [4.69, 9.17) is 11.5 Å². The van der Waals surface area contributed by atoms with Crippen LogP contribution in [0.5, 0.6) is 0 Å². The van der Waals surface area contributed by atoms with Gasteiger partial charge < -0.3 is 100.0 Å². The van der Waals surface area contributed by atoms with Crippen molar-refractivity contribution < 1.29 is 92.7 Å². The van der Waals surface area contributed by atoms with Crippen LogP contribution in [0, 0.1) is 29.6 Å². The summed E-state index contributed by atoms with van der Waals surface area (Å²) < 4.78 is 0. The quantitative estimate of drug-likeness (QED) is 0.0461. The first-order valence-electron chi connectivity index (χ1n) is 34.2. The molecule has 18 atom stereocenters. The zero-order valence-electron chi connectivity index (χ0n) is 59.6. The molecule has 2 heterocycles. The topological polar surface area (TPSA) is 519 Å². The van der Waals surface area contributed by atoms with E-state index in [2.05, 4.69) is 53.2 Å². The minimum Gasteiger partial charge on any atom is -0.391 e. The van der Waals surface area contributed by atoms with Gasteiger partial charge in [0, 0.05) is 32.5 Å². The lowest BCUT2D eigenvalue weighted by atomic mass is 9.94. The maximum atomic E-state index is 14.8. The highest BCUT2D eigenvalue weighted by atomic mass is 16.3. The van der Waals surface area contributed by atoms with Crippen LogP contribution in [0.4, 0.5) is 0 Å². The van der Waals surface area contributed by atoms with Gasteiger partial charge in [-0.2, -0.15) is 0 Å². The van der Waals surface area contributed by atoms with E-state index in [0.717, 1.165) is 43.0 Å². The number of unbranched alkanes of at least 4 members (excludes halogenated alkanes) is 4. The summed E-state index contributed by atoms with van der Waals surface area (Å²) in [6.45, 7) is 21.2. The second-order valence-corrected chi connectivity index (χ2v) is 27.6. The third kappa shape index (κ3) is 26.2. The minimum absolute atomic E-state index is 0.00655. The Balaban J connectivity index is 2.98. The number of fused-ring (bicyclic) bond motifs is 1. The maximum Gasteiger partial charge on any atom is 0.248 e. The van der Waals surface area contributed by atoms with E-state index >= 15 is 0 Å².